The monoisotopic (exact) mass is 321 g/mol. The number of benzene rings is 2. The Hall–Kier alpha value is -3.08. The number of nitrogens with one attached hydrogen (secondary N) is 1. The van der Waals surface area contributed by atoms with Crippen molar-refractivity contribution in [2.24, 2.45) is 5.16 Å². The molecule has 0 aliphatic carbocycles. The number of ether oxygens (including phenoxy) is 1. The number of imidazole rings is 1. The van der Waals surface area contributed by atoms with E-state index >= 15 is 0 Å². The number of aromatic amines is 1. The zero-order valence-electron chi connectivity index (χ0n) is 13.7. The van der Waals surface area contributed by atoms with Gasteiger partial charge in [0.05, 0.1) is 0 Å². The summed E-state index contributed by atoms with van der Waals surface area (Å²) < 4.78 is 5.98. The fourth-order valence-electron chi connectivity index (χ4n) is 2.46. The molecule has 0 radical (unpaired) electrons. The lowest BCUT2D eigenvalue weighted by Gasteiger charge is -2.13. The zero-order valence-corrected chi connectivity index (χ0v) is 13.7. The molecule has 0 atom stereocenters. The Kier molecular flexibility index (Phi) is 4.91. The van der Waals surface area contributed by atoms with Crippen molar-refractivity contribution in [2.75, 3.05) is 7.11 Å². The number of rotatable bonds is 6. The molecule has 0 bridgehead atoms. The van der Waals surface area contributed by atoms with Gasteiger partial charge in [-0.15, -0.1) is 0 Å². The number of hydrogen-bond acceptors (Lipinski definition) is 4. The van der Waals surface area contributed by atoms with Crippen LogP contribution in [0.5, 0.6) is 5.75 Å². The third kappa shape index (κ3) is 3.46. The summed E-state index contributed by atoms with van der Waals surface area (Å²) in [5.41, 5.74) is 3.68. The number of aromatic nitrogens is 2. The molecule has 0 aliphatic heterocycles. The first-order chi connectivity index (χ1) is 11.8. The van der Waals surface area contributed by atoms with Gasteiger partial charge in [0, 0.05) is 18.0 Å². The van der Waals surface area contributed by atoms with Gasteiger partial charge in [0.25, 0.3) is 0 Å². The Balaban J connectivity index is 1.90. The van der Waals surface area contributed by atoms with Crippen molar-refractivity contribution in [3.8, 4) is 5.75 Å². The van der Waals surface area contributed by atoms with E-state index in [-0.39, 0.29) is 0 Å². The average Bonchev–Trinajstić information content (AvgIpc) is 3.14. The number of para-hydroxylation sites is 1. The highest BCUT2D eigenvalue weighted by Gasteiger charge is 2.15. The van der Waals surface area contributed by atoms with Gasteiger partial charge in [-0.05, 0) is 24.1 Å². The van der Waals surface area contributed by atoms with Crippen LogP contribution >= 0.6 is 0 Å². The topological polar surface area (TPSA) is 59.5 Å². The van der Waals surface area contributed by atoms with Crippen LogP contribution in [-0.4, -0.2) is 22.8 Å². The van der Waals surface area contributed by atoms with Crippen LogP contribution in [0.1, 0.15) is 22.5 Å². The van der Waals surface area contributed by atoms with Crippen LogP contribution < -0.4 is 4.74 Å². The van der Waals surface area contributed by atoms with E-state index in [1.54, 1.807) is 12.4 Å². The summed E-state index contributed by atoms with van der Waals surface area (Å²) in [4.78, 5) is 12.4. The van der Waals surface area contributed by atoms with Gasteiger partial charge in [-0.2, -0.15) is 0 Å². The molecule has 122 valence electrons. The van der Waals surface area contributed by atoms with E-state index in [9.17, 15) is 0 Å². The Bertz CT molecular complexity index is 826. The maximum atomic E-state index is 5.98. The van der Waals surface area contributed by atoms with Gasteiger partial charge in [0.2, 0.25) is 0 Å². The zero-order chi connectivity index (χ0) is 16.8. The largest absolute Gasteiger partial charge is 0.489 e. The predicted octanol–water partition coefficient (Wildman–Crippen LogP) is 3.70. The summed E-state index contributed by atoms with van der Waals surface area (Å²) in [5, 5.41) is 4.14. The van der Waals surface area contributed by atoms with E-state index in [0.717, 1.165) is 22.4 Å². The van der Waals surface area contributed by atoms with Crippen molar-refractivity contribution in [3.05, 3.63) is 83.4 Å². The van der Waals surface area contributed by atoms with Gasteiger partial charge in [0.1, 0.15) is 19.5 Å². The lowest BCUT2D eigenvalue weighted by Crippen LogP contribution is -2.11. The molecule has 5 nitrogen and oxygen atoms in total. The number of nitrogens with zero attached hydrogens (tertiary/aromatic N) is 2. The lowest BCUT2D eigenvalue weighted by atomic mass is 10.0. The predicted molar refractivity (Wildman–Crippen MR) is 93.2 cm³/mol. The second-order valence-corrected chi connectivity index (χ2v) is 5.27. The quantitative estimate of drug-likeness (QED) is 0.556. The molecular weight excluding hydrogens is 302 g/mol. The smallest absolute Gasteiger partial charge is 0.160 e. The highest BCUT2D eigenvalue weighted by atomic mass is 16.6. The first kappa shape index (κ1) is 15.8. The van der Waals surface area contributed by atoms with Gasteiger partial charge in [0.15, 0.2) is 11.5 Å². The summed E-state index contributed by atoms with van der Waals surface area (Å²) in [6.45, 7) is 2.46. The van der Waals surface area contributed by atoms with Gasteiger partial charge in [-0.3, -0.25) is 0 Å². The molecule has 1 heterocycles. The average molecular weight is 321 g/mol. The molecule has 0 spiro atoms. The summed E-state index contributed by atoms with van der Waals surface area (Å²) in [6, 6.07) is 15.9. The molecule has 0 fully saturated rings. The molecule has 0 saturated carbocycles. The van der Waals surface area contributed by atoms with E-state index in [0.29, 0.717) is 18.1 Å². The molecule has 3 aromatic rings. The standard InChI is InChI=1S/C19H19N3O2/c1-14-7-3-6-10-17(14)24-13-15-8-4-5-9-16(15)18(22-23-2)19-20-11-12-21-19/h3-12H,13H2,1-2H3,(H,20,21). The van der Waals surface area contributed by atoms with Crippen molar-refractivity contribution >= 4 is 5.71 Å². The molecule has 0 unspecified atom stereocenters. The van der Waals surface area contributed by atoms with E-state index in [2.05, 4.69) is 15.1 Å². The molecule has 2 aromatic carbocycles. The van der Waals surface area contributed by atoms with E-state index < -0.39 is 0 Å². The number of H-pyrrole nitrogens is 1. The molecule has 3 rings (SSSR count). The van der Waals surface area contributed by atoms with Gasteiger partial charge in [-0.1, -0.05) is 47.6 Å². The van der Waals surface area contributed by atoms with Crippen LogP contribution in [0.4, 0.5) is 0 Å². The molecular formula is C19H19N3O2. The molecule has 0 amide bonds. The first-order valence-corrected chi connectivity index (χ1v) is 7.67. The highest BCUT2D eigenvalue weighted by molar-refractivity contribution is 6.11. The summed E-state index contributed by atoms with van der Waals surface area (Å²) in [5.74, 6) is 1.52. The first-order valence-electron chi connectivity index (χ1n) is 7.67. The number of aryl methyl sites for hydroxylation is 1. The van der Waals surface area contributed by atoms with Crippen LogP contribution in [0.3, 0.4) is 0 Å². The highest BCUT2D eigenvalue weighted by Crippen LogP contribution is 2.20. The number of hydrogen-bond donors (Lipinski definition) is 1. The van der Waals surface area contributed by atoms with E-state index in [1.807, 2.05) is 55.5 Å². The van der Waals surface area contributed by atoms with Crippen molar-refractivity contribution < 1.29 is 9.57 Å². The fraction of sp³-hybridized carbons (Fsp3) is 0.158. The van der Waals surface area contributed by atoms with Gasteiger partial charge >= 0.3 is 0 Å². The van der Waals surface area contributed by atoms with Crippen molar-refractivity contribution in [1.82, 2.24) is 9.97 Å². The maximum Gasteiger partial charge on any atom is 0.160 e. The minimum Gasteiger partial charge on any atom is -0.489 e. The van der Waals surface area contributed by atoms with E-state index in [4.69, 9.17) is 9.57 Å². The van der Waals surface area contributed by atoms with Crippen molar-refractivity contribution in [2.45, 2.75) is 13.5 Å². The fourth-order valence-corrected chi connectivity index (χ4v) is 2.46. The van der Waals surface area contributed by atoms with Crippen LogP contribution in [0, 0.1) is 6.92 Å². The van der Waals surface area contributed by atoms with Gasteiger partial charge in [-0.25, -0.2) is 4.98 Å². The summed E-state index contributed by atoms with van der Waals surface area (Å²) in [7, 11) is 1.52. The van der Waals surface area contributed by atoms with Gasteiger partial charge < -0.3 is 14.6 Å². The summed E-state index contributed by atoms with van der Waals surface area (Å²) >= 11 is 0. The minimum absolute atomic E-state index is 0.435. The SMILES string of the molecule is CON=C(c1ncc[nH]1)c1ccccc1COc1ccccc1C. The molecule has 5 heteroatoms. The Labute approximate surface area is 141 Å². The van der Waals surface area contributed by atoms with Crippen molar-refractivity contribution in [1.29, 1.82) is 0 Å². The third-order valence-corrected chi connectivity index (χ3v) is 3.65. The van der Waals surface area contributed by atoms with Crippen molar-refractivity contribution in [3.63, 3.8) is 0 Å². The Morgan fingerprint density at radius 1 is 1.12 bits per heavy atom. The molecule has 0 aliphatic rings. The van der Waals surface area contributed by atoms with Crippen LogP contribution in [0.25, 0.3) is 0 Å². The minimum atomic E-state index is 0.435. The van der Waals surface area contributed by atoms with Crippen LogP contribution in [0.2, 0.25) is 0 Å². The van der Waals surface area contributed by atoms with Crippen LogP contribution in [-0.2, 0) is 11.4 Å². The lowest BCUT2D eigenvalue weighted by molar-refractivity contribution is 0.213. The second-order valence-electron chi connectivity index (χ2n) is 5.27. The molecule has 1 N–H and O–H groups in total. The number of oxime groups is 1. The molecule has 1 aromatic heterocycles. The third-order valence-electron chi connectivity index (χ3n) is 3.65. The normalized spacial score (nSPS) is 11.3. The second kappa shape index (κ2) is 7.46. The maximum absolute atomic E-state index is 5.98. The Morgan fingerprint density at radius 2 is 1.92 bits per heavy atom. The summed E-state index contributed by atoms with van der Waals surface area (Å²) in [6.07, 6.45) is 3.44. The van der Waals surface area contributed by atoms with Crippen LogP contribution in [0.15, 0.2) is 66.1 Å². The molecule has 24 heavy (non-hydrogen) atoms. The Morgan fingerprint density at radius 3 is 2.67 bits per heavy atom. The van der Waals surface area contributed by atoms with E-state index in [1.165, 1.54) is 7.11 Å². The molecule has 0 saturated heterocycles.